The number of carbonyl (C=O) groups excluding carboxylic acids is 1. The number of hydrogen-bond acceptors (Lipinski definition) is 5. The van der Waals surface area contributed by atoms with Gasteiger partial charge in [0.05, 0.1) is 6.61 Å². The predicted molar refractivity (Wildman–Crippen MR) is 70.0 cm³/mol. The van der Waals surface area contributed by atoms with Crippen LogP contribution in [0.1, 0.15) is 32.1 Å². The molecule has 1 heterocycles. The highest BCUT2D eigenvalue weighted by Crippen LogP contribution is 2.21. The Balaban J connectivity index is 1.99. The van der Waals surface area contributed by atoms with Crippen LogP contribution in [0.5, 0.6) is 0 Å². The largest absolute Gasteiger partial charge is 0.359 e. The Morgan fingerprint density at radius 2 is 2.11 bits per heavy atom. The Bertz CT molecular complexity index is 268. The van der Waals surface area contributed by atoms with Crippen LogP contribution < -0.4 is 5.32 Å². The normalized spacial score (nSPS) is 17.1. The summed E-state index contributed by atoms with van der Waals surface area (Å²) >= 11 is 0. The van der Waals surface area contributed by atoms with E-state index in [0.29, 0.717) is 5.92 Å². The van der Waals surface area contributed by atoms with E-state index >= 15 is 0 Å². The minimum Gasteiger partial charge on any atom is -0.359 e. The average molecular weight is 273 g/mol. The standard InChI is InChI=1S/C12H23N3O4/c16-11-13-6-2-7-14-8-4-12(5-9-14)3-1-10-19-15(17)18/h11-12H,1-10H2,(H,13,16). The van der Waals surface area contributed by atoms with Gasteiger partial charge in [0, 0.05) is 6.54 Å². The molecule has 1 saturated heterocycles. The first kappa shape index (κ1) is 15.7. The van der Waals surface area contributed by atoms with E-state index < -0.39 is 5.09 Å². The number of amides is 1. The van der Waals surface area contributed by atoms with Gasteiger partial charge in [-0.3, -0.25) is 4.79 Å². The van der Waals surface area contributed by atoms with Crippen molar-refractivity contribution in [2.45, 2.75) is 32.1 Å². The van der Waals surface area contributed by atoms with Crippen molar-refractivity contribution in [3.05, 3.63) is 10.1 Å². The summed E-state index contributed by atoms with van der Waals surface area (Å²) in [6, 6.07) is 0. The van der Waals surface area contributed by atoms with Crippen LogP contribution in [0.4, 0.5) is 0 Å². The van der Waals surface area contributed by atoms with Gasteiger partial charge < -0.3 is 15.1 Å². The Labute approximate surface area is 113 Å². The molecule has 0 aromatic heterocycles. The summed E-state index contributed by atoms with van der Waals surface area (Å²) in [5.41, 5.74) is 0. The molecule has 1 amide bonds. The Hall–Kier alpha value is -1.37. The van der Waals surface area contributed by atoms with E-state index in [9.17, 15) is 14.9 Å². The van der Waals surface area contributed by atoms with Crippen LogP contribution in [0.2, 0.25) is 0 Å². The first-order valence-electron chi connectivity index (χ1n) is 6.89. The van der Waals surface area contributed by atoms with Gasteiger partial charge in [-0.15, -0.1) is 10.1 Å². The second-order valence-electron chi connectivity index (χ2n) is 4.91. The van der Waals surface area contributed by atoms with Crippen molar-refractivity contribution in [3.63, 3.8) is 0 Å². The molecule has 0 unspecified atom stereocenters. The monoisotopic (exact) mass is 273 g/mol. The summed E-state index contributed by atoms with van der Waals surface area (Å²) in [4.78, 5) is 26.8. The van der Waals surface area contributed by atoms with Crippen molar-refractivity contribution in [1.82, 2.24) is 10.2 Å². The number of rotatable bonds is 10. The lowest BCUT2D eigenvalue weighted by atomic mass is 9.92. The van der Waals surface area contributed by atoms with E-state index in [2.05, 4.69) is 15.1 Å². The van der Waals surface area contributed by atoms with Gasteiger partial charge >= 0.3 is 0 Å². The van der Waals surface area contributed by atoms with E-state index in [4.69, 9.17) is 0 Å². The van der Waals surface area contributed by atoms with Crippen LogP contribution in [0, 0.1) is 16.0 Å². The average Bonchev–Trinajstić information content (AvgIpc) is 2.41. The molecule has 1 rings (SSSR count). The summed E-state index contributed by atoms with van der Waals surface area (Å²) in [7, 11) is 0. The summed E-state index contributed by atoms with van der Waals surface area (Å²) < 4.78 is 0. The van der Waals surface area contributed by atoms with Crippen molar-refractivity contribution < 1.29 is 14.7 Å². The Kier molecular flexibility index (Phi) is 7.88. The zero-order valence-corrected chi connectivity index (χ0v) is 11.3. The fourth-order valence-electron chi connectivity index (χ4n) is 2.47. The van der Waals surface area contributed by atoms with Crippen molar-refractivity contribution in [2.75, 3.05) is 32.8 Å². The number of likely N-dealkylation sites (tertiary alicyclic amines) is 1. The molecule has 7 heteroatoms. The van der Waals surface area contributed by atoms with E-state index in [0.717, 1.165) is 64.7 Å². The third-order valence-electron chi connectivity index (χ3n) is 3.54. The molecule has 19 heavy (non-hydrogen) atoms. The highest BCUT2D eigenvalue weighted by Gasteiger charge is 2.18. The molecule has 0 bridgehead atoms. The molecule has 0 atom stereocenters. The summed E-state index contributed by atoms with van der Waals surface area (Å²) in [5, 5.41) is 11.9. The SMILES string of the molecule is O=CNCCCN1CCC(CCCO[N+](=O)[O-])CC1. The van der Waals surface area contributed by atoms with E-state index in [1.54, 1.807) is 0 Å². The smallest absolute Gasteiger partial charge is 0.294 e. The fourth-order valence-corrected chi connectivity index (χ4v) is 2.47. The number of piperidine rings is 1. The number of nitrogens with zero attached hydrogens (tertiary/aromatic N) is 2. The lowest BCUT2D eigenvalue weighted by Gasteiger charge is -2.31. The summed E-state index contributed by atoms with van der Waals surface area (Å²) in [6.45, 7) is 4.15. The van der Waals surface area contributed by atoms with Gasteiger partial charge in [-0.1, -0.05) is 0 Å². The van der Waals surface area contributed by atoms with Crippen LogP contribution >= 0.6 is 0 Å². The third-order valence-corrected chi connectivity index (χ3v) is 3.54. The lowest BCUT2D eigenvalue weighted by molar-refractivity contribution is -0.757. The van der Waals surface area contributed by atoms with Gasteiger partial charge in [0.15, 0.2) is 0 Å². The second kappa shape index (κ2) is 9.55. The number of hydrogen-bond donors (Lipinski definition) is 1. The molecule has 1 aliphatic rings. The minimum absolute atomic E-state index is 0.213. The minimum atomic E-state index is -0.726. The molecule has 0 radical (unpaired) electrons. The predicted octanol–water partition coefficient (Wildman–Crippen LogP) is 0.823. The summed E-state index contributed by atoms with van der Waals surface area (Å²) in [5.74, 6) is 0.666. The molecule has 110 valence electrons. The second-order valence-corrected chi connectivity index (χ2v) is 4.91. The fraction of sp³-hybridized carbons (Fsp3) is 0.917. The van der Waals surface area contributed by atoms with Crippen molar-refractivity contribution in [3.8, 4) is 0 Å². The molecule has 0 saturated carbocycles. The molecule has 0 aliphatic carbocycles. The lowest BCUT2D eigenvalue weighted by Crippen LogP contribution is -2.35. The van der Waals surface area contributed by atoms with Crippen molar-refractivity contribution in [1.29, 1.82) is 0 Å². The maximum Gasteiger partial charge on any atom is 0.294 e. The quantitative estimate of drug-likeness (QED) is 0.276. The molecule has 0 aromatic carbocycles. The van der Waals surface area contributed by atoms with Gasteiger partial charge in [0.2, 0.25) is 6.41 Å². The molecule has 1 N–H and O–H groups in total. The maximum atomic E-state index is 10.1. The van der Waals surface area contributed by atoms with E-state index in [1.165, 1.54) is 0 Å². The van der Waals surface area contributed by atoms with Gasteiger partial charge in [0.1, 0.15) is 0 Å². The van der Waals surface area contributed by atoms with Crippen molar-refractivity contribution >= 4 is 6.41 Å². The first-order chi connectivity index (χ1) is 9.22. The first-order valence-corrected chi connectivity index (χ1v) is 6.89. The zero-order valence-electron chi connectivity index (χ0n) is 11.3. The number of carbonyl (C=O) groups is 1. The Morgan fingerprint density at radius 3 is 2.74 bits per heavy atom. The van der Waals surface area contributed by atoms with Gasteiger partial charge in [0.25, 0.3) is 5.09 Å². The van der Waals surface area contributed by atoms with Crippen LogP contribution in [0.25, 0.3) is 0 Å². The van der Waals surface area contributed by atoms with E-state index in [-0.39, 0.29) is 6.61 Å². The molecule has 7 nitrogen and oxygen atoms in total. The highest BCUT2D eigenvalue weighted by molar-refractivity contribution is 5.45. The highest BCUT2D eigenvalue weighted by atomic mass is 16.9. The Morgan fingerprint density at radius 1 is 1.37 bits per heavy atom. The molecule has 1 fully saturated rings. The zero-order chi connectivity index (χ0) is 13.9. The van der Waals surface area contributed by atoms with Crippen LogP contribution in [-0.4, -0.2) is 49.2 Å². The maximum absolute atomic E-state index is 10.1. The van der Waals surface area contributed by atoms with Gasteiger partial charge in [-0.2, -0.15) is 0 Å². The summed E-state index contributed by atoms with van der Waals surface area (Å²) in [6.07, 6.45) is 5.79. The molecular formula is C12H23N3O4. The van der Waals surface area contributed by atoms with Gasteiger partial charge in [-0.05, 0) is 57.7 Å². The van der Waals surface area contributed by atoms with E-state index in [1.807, 2.05) is 0 Å². The molecule has 1 aliphatic heterocycles. The third kappa shape index (κ3) is 7.61. The molecule has 0 aromatic rings. The van der Waals surface area contributed by atoms with Crippen LogP contribution in [0.3, 0.4) is 0 Å². The number of nitrogens with one attached hydrogen (secondary N) is 1. The van der Waals surface area contributed by atoms with Crippen LogP contribution in [-0.2, 0) is 9.63 Å². The molecule has 0 spiro atoms. The molecular weight excluding hydrogens is 250 g/mol. The van der Waals surface area contributed by atoms with Crippen LogP contribution in [0.15, 0.2) is 0 Å². The van der Waals surface area contributed by atoms with Crippen molar-refractivity contribution in [2.24, 2.45) is 5.92 Å². The van der Waals surface area contributed by atoms with Gasteiger partial charge in [-0.25, -0.2) is 0 Å². The topological polar surface area (TPSA) is 84.7 Å².